The molecule has 1 aliphatic rings. The average Bonchev–Trinajstić information content (AvgIpc) is 2.59. The molecule has 2 unspecified atom stereocenters. The first-order chi connectivity index (χ1) is 7.84. The van der Waals surface area contributed by atoms with Crippen molar-refractivity contribution >= 4 is 23.8 Å². The van der Waals surface area contributed by atoms with Crippen molar-refractivity contribution in [1.82, 2.24) is 4.90 Å². The van der Waals surface area contributed by atoms with Crippen molar-refractivity contribution in [1.29, 1.82) is 0 Å². The molecule has 17 heavy (non-hydrogen) atoms. The summed E-state index contributed by atoms with van der Waals surface area (Å²) in [6, 6.07) is -0.779. The predicted octanol–water partition coefficient (Wildman–Crippen LogP) is 2.02. The molecule has 1 aliphatic heterocycles. The van der Waals surface area contributed by atoms with Crippen LogP contribution in [0.4, 0.5) is 4.79 Å². The number of rotatable bonds is 3. The summed E-state index contributed by atoms with van der Waals surface area (Å²) in [4.78, 5) is 24.4. The van der Waals surface area contributed by atoms with E-state index in [0.29, 0.717) is 5.75 Å². The molecule has 98 valence electrons. The molecule has 1 rings (SSSR count). The van der Waals surface area contributed by atoms with Crippen LogP contribution in [0.1, 0.15) is 27.7 Å². The molecule has 0 saturated carbocycles. The number of nitrogens with zero attached hydrogens (tertiary/aromatic N) is 1. The maximum absolute atomic E-state index is 11.9. The molecular formula is C11H19NO4S. The number of aliphatic carboxylic acids is 1. The molecule has 1 N–H and O–H groups in total. The van der Waals surface area contributed by atoms with Crippen LogP contribution in [-0.2, 0) is 9.53 Å². The third kappa shape index (κ3) is 3.28. The molecule has 6 heteroatoms. The van der Waals surface area contributed by atoms with Gasteiger partial charge in [0, 0.05) is 5.75 Å². The molecule has 0 radical (unpaired) electrons. The predicted molar refractivity (Wildman–Crippen MR) is 66.0 cm³/mol. The molecule has 1 saturated heterocycles. The first kappa shape index (κ1) is 14.2. The van der Waals surface area contributed by atoms with Crippen LogP contribution in [0.15, 0.2) is 0 Å². The highest BCUT2D eigenvalue weighted by Gasteiger charge is 2.43. The SMILES string of the molecule is CC(C)OC(=O)N1C(C(=O)O)CSC1C(C)C. The number of carbonyl (C=O) groups excluding carboxylic acids is 1. The largest absolute Gasteiger partial charge is 0.480 e. The van der Waals surface area contributed by atoms with Crippen LogP contribution in [0.5, 0.6) is 0 Å². The second-order valence-electron chi connectivity index (χ2n) is 4.66. The van der Waals surface area contributed by atoms with Gasteiger partial charge in [-0.25, -0.2) is 9.59 Å². The van der Waals surface area contributed by atoms with Gasteiger partial charge in [0.25, 0.3) is 0 Å². The van der Waals surface area contributed by atoms with Crippen molar-refractivity contribution in [2.45, 2.75) is 45.2 Å². The Morgan fingerprint density at radius 2 is 1.94 bits per heavy atom. The average molecular weight is 261 g/mol. The highest BCUT2D eigenvalue weighted by molar-refractivity contribution is 8.00. The number of hydrogen-bond donors (Lipinski definition) is 1. The zero-order valence-corrected chi connectivity index (χ0v) is 11.4. The molecule has 0 spiro atoms. The van der Waals surface area contributed by atoms with E-state index in [0.717, 1.165) is 0 Å². The van der Waals surface area contributed by atoms with Gasteiger partial charge >= 0.3 is 12.1 Å². The Balaban J connectivity index is 2.85. The number of carboxylic acid groups (broad SMARTS) is 1. The molecule has 1 heterocycles. The normalized spacial score (nSPS) is 24.5. The quantitative estimate of drug-likeness (QED) is 0.841. The van der Waals surface area contributed by atoms with Crippen molar-refractivity contribution in [2.75, 3.05) is 5.75 Å². The first-order valence-corrected chi connectivity index (χ1v) is 6.72. The minimum absolute atomic E-state index is 0.123. The van der Waals surface area contributed by atoms with Gasteiger partial charge in [-0.3, -0.25) is 4.90 Å². The first-order valence-electron chi connectivity index (χ1n) is 5.68. The van der Waals surface area contributed by atoms with Gasteiger partial charge in [-0.15, -0.1) is 11.8 Å². The fourth-order valence-electron chi connectivity index (χ4n) is 1.73. The van der Waals surface area contributed by atoms with Gasteiger partial charge in [0.2, 0.25) is 0 Å². The van der Waals surface area contributed by atoms with Crippen LogP contribution in [-0.4, -0.2) is 45.3 Å². The Morgan fingerprint density at radius 3 is 2.35 bits per heavy atom. The molecule has 1 fully saturated rings. The Morgan fingerprint density at radius 1 is 1.35 bits per heavy atom. The summed E-state index contributed by atoms with van der Waals surface area (Å²) in [6.07, 6.45) is -0.772. The summed E-state index contributed by atoms with van der Waals surface area (Å²) < 4.78 is 5.11. The second-order valence-corrected chi connectivity index (χ2v) is 5.81. The smallest absolute Gasteiger partial charge is 0.411 e. The summed E-state index contributed by atoms with van der Waals surface area (Å²) >= 11 is 1.49. The minimum atomic E-state index is -0.971. The van der Waals surface area contributed by atoms with Crippen LogP contribution < -0.4 is 0 Å². The van der Waals surface area contributed by atoms with E-state index >= 15 is 0 Å². The number of thioether (sulfide) groups is 1. The van der Waals surface area contributed by atoms with Gasteiger partial charge in [0.05, 0.1) is 11.5 Å². The van der Waals surface area contributed by atoms with Crippen LogP contribution in [0.25, 0.3) is 0 Å². The number of amides is 1. The molecular weight excluding hydrogens is 242 g/mol. The van der Waals surface area contributed by atoms with Gasteiger partial charge in [-0.2, -0.15) is 0 Å². The number of carboxylic acids is 1. The summed E-state index contributed by atoms with van der Waals surface area (Å²) in [5.41, 5.74) is 0. The molecule has 5 nitrogen and oxygen atoms in total. The van der Waals surface area contributed by atoms with Gasteiger partial charge in [0.1, 0.15) is 6.04 Å². The maximum Gasteiger partial charge on any atom is 0.411 e. The van der Waals surface area contributed by atoms with E-state index in [2.05, 4.69) is 0 Å². The third-order valence-electron chi connectivity index (χ3n) is 2.44. The summed E-state index contributed by atoms with van der Waals surface area (Å²) in [5, 5.41) is 8.98. The summed E-state index contributed by atoms with van der Waals surface area (Å²) in [7, 11) is 0. The van der Waals surface area contributed by atoms with Crippen LogP contribution in [0.2, 0.25) is 0 Å². The maximum atomic E-state index is 11.9. The van der Waals surface area contributed by atoms with Gasteiger partial charge in [-0.1, -0.05) is 13.8 Å². The van der Waals surface area contributed by atoms with E-state index in [9.17, 15) is 9.59 Å². The lowest BCUT2D eigenvalue weighted by atomic mass is 10.2. The van der Waals surface area contributed by atoms with E-state index in [-0.39, 0.29) is 17.4 Å². The minimum Gasteiger partial charge on any atom is -0.480 e. The number of ether oxygens (including phenoxy) is 1. The highest BCUT2D eigenvalue weighted by atomic mass is 32.2. The molecule has 1 amide bonds. The van der Waals surface area contributed by atoms with Crippen LogP contribution in [0.3, 0.4) is 0 Å². The summed E-state index contributed by atoms with van der Waals surface area (Å²) in [6.45, 7) is 7.44. The van der Waals surface area contributed by atoms with Crippen molar-refractivity contribution < 1.29 is 19.4 Å². The van der Waals surface area contributed by atoms with Gasteiger partial charge in [-0.05, 0) is 19.8 Å². The standard InChI is InChI=1S/C11H19NO4S/c1-6(2)9-12(11(15)16-7(3)4)8(5-17-9)10(13)14/h6-9H,5H2,1-4H3,(H,13,14). The van der Waals surface area contributed by atoms with E-state index in [1.165, 1.54) is 16.7 Å². The molecule has 0 bridgehead atoms. The Labute approximate surface area is 105 Å². The molecule has 0 aromatic rings. The zero-order chi connectivity index (χ0) is 13.2. The Hall–Kier alpha value is -0.910. The lowest BCUT2D eigenvalue weighted by molar-refractivity contribution is -0.142. The van der Waals surface area contributed by atoms with Crippen molar-refractivity contribution in [3.8, 4) is 0 Å². The van der Waals surface area contributed by atoms with Crippen molar-refractivity contribution in [3.05, 3.63) is 0 Å². The topological polar surface area (TPSA) is 66.8 Å². The Bertz CT molecular complexity index is 306. The molecule has 0 aromatic carbocycles. The van der Waals surface area contributed by atoms with E-state index in [4.69, 9.17) is 9.84 Å². The summed E-state index contributed by atoms with van der Waals surface area (Å²) in [5.74, 6) is -0.351. The van der Waals surface area contributed by atoms with Crippen molar-refractivity contribution in [2.24, 2.45) is 5.92 Å². The van der Waals surface area contributed by atoms with E-state index in [1.807, 2.05) is 13.8 Å². The van der Waals surface area contributed by atoms with E-state index in [1.54, 1.807) is 13.8 Å². The zero-order valence-electron chi connectivity index (χ0n) is 10.5. The third-order valence-corrected chi connectivity index (χ3v) is 4.06. The highest BCUT2D eigenvalue weighted by Crippen LogP contribution is 2.34. The van der Waals surface area contributed by atoms with Crippen molar-refractivity contribution in [3.63, 3.8) is 0 Å². The lowest BCUT2D eigenvalue weighted by Crippen LogP contribution is -2.47. The second kappa shape index (κ2) is 5.62. The van der Waals surface area contributed by atoms with Crippen LogP contribution >= 0.6 is 11.8 Å². The Kier molecular flexibility index (Phi) is 4.68. The monoisotopic (exact) mass is 261 g/mol. The van der Waals surface area contributed by atoms with Gasteiger partial charge in [0.15, 0.2) is 0 Å². The van der Waals surface area contributed by atoms with Gasteiger partial charge < -0.3 is 9.84 Å². The molecule has 2 atom stereocenters. The number of hydrogen-bond acceptors (Lipinski definition) is 4. The lowest BCUT2D eigenvalue weighted by Gasteiger charge is -2.29. The molecule has 0 aliphatic carbocycles. The number of carbonyl (C=O) groups is 2. The fraction of sp³-hybridized carbons (Fsp3) is 0.818. The molecule has 0 aromatic heterocycles. The van der Waals surface area contributed by atoms with Crippen LogP contribution in [0, 0.1) is 5.92 Å². The fourth-order valence-corrected chi connectivity index (χ4v) is 3.19. The van der Waals surface area contributed by atoms with E-state index < -0.39 is 18.1 Å².